The molecule has 5 heteroatoms. The van der Waals surface area contributed by atoms with Crippen LogP contribution in [0.3, 0.4) is 0 Å². The van der Waals surface area contributed by atoms with Crippen LogP contribution in [0.2, 0.25) is 0 Å². The molecule has 0 spiro atoms. The van der Waals surface area contributed by atoms with E-state index in [4.69, 9.17) is 9.47 Å². The lowest BCUT2D eigenvalue weighted by Crippen LogP contribution is -2.57. The third-order valence-corrected chi connectivity index (χ3v) is 13.4. The number of rotatable bonds is 4. The lowest BCUT2D eigenvalue weighted by molar-refractivity contribution is 0.465. The van der Waals surface area contributed by atoms with Crippen LogP contribution in [0, 0.1) is 0 Å². The summed E-state index contributed by atoms with van der Waals surface area (Å²) in [5.41, 5.74) is 13.6. The average Bonchev–Trinajstić information content (AvgIpc) is 3.82. The van der Waals surface area contributed by atoms with Crippen molar-refractivity contribution in [1.29, 1.82) is 0 Å². The second kappa shape index (κ2) is 12.6. The predicted octanol–water partition coefficient (Wildman–Crippen LogP) is 12.9. The summed E-state index contributed by atoms with van der Waals surface area (Å²) in [7, 11) is 0. The zero-order valence-corrected chi connectivity index (χ0v) is 32.5. The van der Waals surface area contributed by atoms with E-state index in [1.54, 1.807) is 0 Å². The second-order valence-corrected chi connectivity index (χ2v) is 16.7. The van der Waals surface area contributed by atoms with Crippen molar-refractivity contribution in [2.45, 2.75) is 0 Å². The number of hydrogen-bond donors (Lipinski definition) is 0. The Morgan fingerprint density at radius 1 is 0.356 bits per heavy atom. The van der Waals surface area contributed by atoms with Crippen molar-refractivity contribution >= 4 is 76.4 Å². The molecule has 13 rings (SSSR count). The summed E-state index contributed by atoms with van der Waals surface area (Å²) in [6.45, 7) is -0.0941. The topological polar surface area (TPSA) is 23.4 Å². The summed E-state index contributed by atoms with van der Waals surface area (Å²) in [6, 6.07) is 70.0. The Balaban J connectivity index is 1.08. The van der Waals surface area contributed by atoms with Crippen molar-refractivity contribution in [1.82, 2.24) is 4.57 Å². The smallest absolute Gasteiger partial charge is 0.260 e. The van der Waals surface area contributed by atoms with Crippen molar-refractivity contribution in [2.24, 2.45) is 0 Å². The molecule has 2 aliphatic heterocycles. The summed E-state index contributed by atoms with van der Waals surface area (Å²) in [5, 5.41) is 4.96. The van der Waals surface area contributed by atoms with Crippen LogP contribution in [0.25, 0.3) is 81.0 Å². The van der Waals surface area contributed by atoms with Gasteiger partial charge in [-0.05, 0) is 105 Å². The van der Waals surface area contributed by atoms with Crippen LogP contribution >= 0.6 is 11.3 Å². The lowest BCUT2D eigenvalue weighted by atomic mass is 9.34. The van der Waals surface area contributed by atoms with E-state index in [-0.39, 0.29) is 6.71 Å². The van der Waals surface area contributed by atoms with Crippen LogP contribution in [-0.4, -0.2) is 11.3 Å². The fraction of sp³-hybridized carbons (Fsp3) is 0. The Morgan fingerprint density at radius 2 is 0.881 bits per heavy atom. The molecule has 11 aromatic rings. The van der Waals surface area contributed by atoms with Crippen molar-refractivity contribution < 1.29 is 9.47 Å². The molecule has 4 heterocycles. The molecule has 0 unspecified atom stereocenters. The standard InChI is InChI=1S/C54H32BNO2S/c1-4-14-33(15-5-1)35-24-36(34-16-6-2-7-17-34)26-37(25-35)38-27-50-54-51(28-38)58-49-32-53-43(41-21-11-13-23-52(41)59-53)30-45(49)55(54)44-29-42-40-20-10-12-22-46(40)56(39-18-8-3-9-19-39)47(42)31-48(44)57-50/h1-32H. The van der Waals surface area contributed by atoms with Gasteiger partial charge in [0.05, 0.1) is 11.0 Å². The molecule has 0 N–H and O–H groups in total. The first-order valence-corrected chi connectivity index (χ1v) is 20.9. The van der Waals surface area contributed by atoms with E-state index in [9.17, 15) is 0 Å². The number of ether oxygens (including phenoxy) is 2. The maximum atomic E-state index is 7.18. The summed E-state index contributed by atoms with van der Waals surface area (Å²) < 4.78 is 19.1. The molecule has 2 aromatic heterocycles. The Bertz CT molecular complexity index is 3440. The van der Waals surface area contributed by atoms with E-state index >= 15 is 0 Å². The first-order chi connectivity index (χ1) is 29.2. The summed E-state index contributed by atoms with van der Waals surface area (Å²) in [4.78, 5) is 0. The average molecular weight is 770 g/mol. The zero-order valence-electron chi connectivity index (χ0n) is 31.7. The number of thiophene rings is 1. The zero-order chi connectivity index (χ0) is 38.6. The van der Waals surface area contributed by atoms with Gasteiger partial charge in [-0.25, -0.2) is 0 Å². The van der Waals surface area contributed by atoms with E-state index in [1.165, 1.54) is 47.6 Å². The molecule has 274 valence electrons. The Hall–Kier alpha value is -7.34. The van der Waals surface area contributed by atoms with Crippen LogP contribution in [0.5, 0.6) is 23.0 Å². The molecule has 0 radical (unpaired) electrons. The van der Waals surface area contributed by atoms with E-state index < -0.39 is 0 Å². The summed E-state index contributed by atoms with van der Waals surface area (Å²) in [6.07, 6.45) is 0. The number of benzene rings is 9. The number of hydrogen-bond acceptors (Lipinski definition) is 3. The summed E-state index contributed by atoms with van der Waals surface area (Å²) in [5.74, 6) is 3.42. The fourth-order valence-corrected chi connectivity index (χ4v) is 10.7. The molecular weight excluding hydrogens is 737 g/mol. The predicted molar refractivity (Wildman–Crippen MR) is 248 cm³/mol. The highest BCUT2D eigenvalue weighted by Gasteiger charge is 2.41. The Morgan fingerprint density at radius 3 is 1.56 bits per heavy atom. The van der Waals surface area contributed by atoms with Gasteiger partial charge in [-0.1, -0.05) is 127 Å². The molecule has 0 fully saturated rings. The minimum atomic E-state index is -0.0941. The second-order valence-electron chi connectivity index (χ2n) is 15.6. The molecule has 3 nitrogen and oxygen atoms in total. The fourth-order valence-electron chi connectivity index (χ4n) is 9.59. The molecule has 0 amide bonds. The monoisotopic (exact) mass is 769 g/mol. The van der Waals surface area contributed by atoms with E-state index in [2.05, 4.69) is 199 Å². The molecule has 0 saturated heterocycles. The Kier molecular flexibility index (Phi) is 6.98. The molecule has 0 atom stereocenters. The molecule has 0 bridgehead atoms. The quantitative estimate of drug-likeness (QED) is 0.166. The van der Waals surface area contributed by atoms with E-state index in [0.29, 0.717) is 0 Å². The van der Waals surface area contributed by atoms with E-state index in [0.717, 1.165) is 72.8 Å². The molecule has 59 heavy (non-hydrogen) atoms. The third kappa shape index (κ3) is 5.02. The number of para-hydroxylation sites is 2. The van der Waals surface area contributed by atoms with Gasteiger partial charge in [0, 0.05) is 48.2 Å². The minimum Gasteiger partial charge on any atom is -0.458 e. The van der Waals surface area contributed by atoms with E-state index in [1.807, 2.05) is 11.3 Å². The van der Waals surface area contributed by atoms with Gasteiger partial charge in [0.1, 0.15) is 23.0 Å². The maximum absolute atomic E-state index is 7.18. The van der Waals surface area contributed by atoms with Crippen LogP contribution in [0.4, 0.5) is 0 Å². The van der Waals surface area contributed by atoms with Crippen LogP contribution < -0.4 is 25.9 Å². The largest absolute Gasteiger partial charge is 0.458 e. The normalized spacial score (nSPS) is 12.6. The maximum Gasteiger partial charge on any atom is 0.260 e. The Labute approximate surface area is 345 Å². The van der Waals surface area contributed by atoms with Gasteiger partial charge < -0.3 is 14.0 Å². The van der Waals surface area contributed by atoms with Crippen LogP contribution in [-0.2, 0) is 0 Å². The molecule has 2 aliphatic rings. The van der Waals surface area contributed by atoms with Gasteiger partial charge >= 0.3 is 0 Å². The van der Waals surface area contributed by atoms with Gasteiger partial charge in [-0.2, -0.15) is 0 Å². The number of nitrogens with zero attached hydrogens (tertiary/aromatic N) is 1. The van der Waals surface area contributed by atoms with Gasteiger partial charge in [-0.15, -0.1) is 11.3 Å². The highest BCUT2D eigenvalue weighted by atomic mass is 32.1. The van der Waals surface area contributed by atoms with Crippen molar-refractivity contribution in [2.75, 3.05) is 0 Å². The molecular formula is C54H32BNO2S. The first kappa shape index (κ1) is 32.7. The van der Waals surface area contributed by atoms with Crippen molar-refractivity contribution in [3.63, 3.8) is 0 Å². The summed E-state index contributed by atoms with van der Waals surface area (Å²) >= 11 is 1.82. The van der Waals surface area contributed by atoms with Crippen LogP contribution in [0.1, 0.15) is 0 Å². The third-order valence-electron chi connectivity index (χ3n) is 12.3. The lowest BCUT2D eigenvalue weighted by Gasteiger charge is -2.33. The van der Waals surface area contributed by atoms with Crippen molar-refractivity contribution in [3.8, 4) is 62.1 Å². The minimum absolute atomic E-state index is 0.0941. The number of fused-ring (bicyclic) bond motifs is 10. The highest BCUT2D eigenvalue weighted by molar-refractivity contribution is 7.25. The number of aromatic nitrogens is 1. The van der Waals surface area contributed by atoms with Gasteiger partial charge in [0.25, 0.3) is 6.71 Å². The molecule has 0 saturated carbocycles. The first-order valence-electron chi connectivity index (χ1n) is 20.1. The molecule has 0 aliphatic carbocycles. The van der Waals surface area contributed by atoms with Gasteiger partial charge in [0.15, 0.2) is 0 Å². The van der Waals surface area contributed by atoms with Crippen LogP contribution in [0.15, 0.2) is 194 Å². The van der Waals surface area contributed by atoms with Gasteiger partial charge in [0.2, 0.25) is 0 Å². The van der Waals surface area contributed by atoms with Crippen molar-refractivity contribution in [3.05, 3.63) is 194 Å². The van der Waals surface area contributed by atoms with Gasteiger partial charge in [-0.3, -0.25) is 0 Å². The SMILES string of the molecule is c1ccc(-c2cc(-c3ccccc3)cc(-c3cc4c5c(c3)Oc3cc6c(cc3B5c3cc5c(cc3O4)sc3ccccc35)c3ccccc3n6-c3ccccc3)c2)cc1. The molecule has 9 aromatic carbocycles. The highest BCUT2D eigenvalue weighted by Crippen LogP contribution is 2.44.